The largest absolute Gasteiger partial charge is 0.370 e. The second kappa shape index (κ2) is 11.8. The molecule has 0 aromatic carbocycles. The summed E-state index contributed by atoms with van der Waals surface area (Å²) in [6, 6.07) is 5.91. The lowest BCUT2D eigenvalue weighted by Gasteiger charge is -2.21. The minimum absolute atomic E-state index is 0.864. The van der Waals surface area contributed by atoms with Crippen molar-refractivity contribution in [1.82, 2.24) is 15.2 Å². The zero-order chi connectivity index (χ0) is 16.0. The van der Waals surface area contributed by atoms with Gasteiger partial charge in [-0.25, -0.2) is 4.98 Å². The molecule has 22 heavy (non-hydrogen) atoms. The highest BCUT2D eigenvalue weighted by molar-refractivity contribution is 5.79. The monoisotopic (exact) mass is 305 g/mol. The Morgan fingerprint density at radius 1 is 1.23 bits per heavy atom. The van der Waals surface area contributed by atoms with Crippen molar-refractivity contribution in [3.8, 4) is 0 Å². The van der Waals surface area contributed by atoms with E-state index < -0.39 is 0 Å². The summed E-state index contributed by atoms with van der Waals surface area (Å²) in [5.74, 6) is 1.97. The molecule has 5 heteroatoms. The molecule has 0 amide bonds. The summed E-state index contributed by atoms with van der Waals surface area (Å²) in [7, 11) is 2.11. The molecular formula is C17H31N5. The maximum absolute atomic E-state index is 4.70. The summed E-state index contributed by atoms with van der Waals surface area (Å²) in [6.45, 7) is 8.10. The Morgan fingerprint density at radius 3 is 2.77 bits per heavy atom. The third-order valence-electron chi connectivity index (χ3n) is 3.36. The van der Waals surface area contributed by atoms with Gasteiger partial charge in [0.15, 0.2) is 5.96 Å². The number of guanidine groups is 1. The zero-order valence-electron chi connectivity index (χ0n) is 14.3. The van der Waals surface area contributed by atoms with E-state index in [1.54, 1.807) is 0 Å². The highest BCUT2D eigenvalue weighted by Crippen LogP contribution is 2.01. The van der Waals surface area contributed by atoms with Gasteiger partial charge in [-0.05, 0) is 38.3 Å². The molecule has 0 atom stereocenters. The number of anilines is 1. The van der Waals surface area contributed by atoms with Crippen LogP contribution >= 0.6 is 0 Å². The van der Waals surface area contributed by atoms with Crippen molar-refractivity contribution in [3.63, 3.8) is 0 Å². The number of hydrogen-bond donors (Lipinski definition) is 2. The summed E-state index contributed by atoms with van der Waals surface area (Å²) in [4.78, 5) is 11.2. The fourth-order valence-electron chi connectivity index (χ4n) is 2.08. The van der Waals surface area contributed by atoms with Crippen molar-refractivity contribution >= 4 is 11.8 Å². The van der Waals surface area contributed by atoms with Gasteiger partial charge in [-0.2, -0.15) is 0 Å². The SMILES string of the molecule is CCCCN(C)C(=NCCCCNc1ccccn1)NCC. The Labute approximate surface area is 135 Å². The van der Waals surface area contributed by atoms with E-state index in [1.807, 2.05) is 24.4 Å². The van der Waals surface area contributed by atoms with Crippen LogP contribution in [0.3, 0.4) is 0 Å². The first kappa shape index (κ1) is 18.3. The molecule has 0 spiro atoms. The van der Waals surface area contributed by atoms with Crippen LogP contribution in [0.15, 0.2) is 29.4 Å². The topological polar surface area (TPSA) is 52.5 Å². The van der Waals surface area contributed by atoms with Crippen LogP contribution < -0.4 is 10.6 Å². The molecule has 0 radical (unpaired) electrons. The average molecular weight is 305 g/mol. The lowest BCUT2D eigenvalue weighted by molar-refractivity contribution is 0.464. The highest BCUT2D eigenvalue weighted by atomic mass is 15.3. The van der Waals surface area contributed by atoms with Crippen molar-refractivity contribution < 1.29 is 0 Å². The number of nitrogens with zero attached hydrogens (tertiary/aromatic N) is 3. The Bertz CT molecular complexity index is 405. The van der Waals surface area contributed by atoms with E-state index in [-0.39, 0.29) is 0 Å². The lowest BCUT2D eigenvalue weighted by Crippen LogP contribution is -2.39. The molecule has 0 saturated carbocycles. The van der Waals surface area contributed by atoms with E-state index >= 15 is 0 Å². The second-order valence-corrected chi connectivity index (χ2v) is 5.36. The summed E-state index contributed by atoms with van der Waals surface area (Å²) in [5, 5.41) is 6.68. The van der Waals surface area contributed by atoms with E-state index in [0.717, 1.165) is 50.8 Å². The number of rotatable bonds is 10. The Morgan fingerprint density at radius 2 is 2.09 bits per heavy atom. The number of pyridine rings is 1. The number of nitrogens with one attached hydrogen (secondary N) is 2. The molecule has 0 aliphatic carbocycles. The summed E-state index contributed by atoms with van der Waals surface area (Å²) in [5.41, 5.74) is 0. The van der Waals surface area contributed by atoms with Crippen molar-refractivity contribution in [3.05, 3.63) is 24.4 Å². The van der Waals surface area contributed by atoms with E-state index in [9.17, 15) is 0 Å². The van der Waals surface area contributed by atoms with Gasteiger partial charge in [0.05, 0.1) is 0 Å². The first-order valence-corrected chi connectivity index (χ1v) is 8.42. The van der Waals surface area contributed by atoms with Crippen molar-refractivity contribution in [2.45, 2.75) is 39.5 Å². The molecule has 1 aromatic heterocycles. The Kier molecular flexibility index (Phi) is 9.83. The fraction of sp³-hybridized carbons (Fsp3) is 0.647. The molecule has 1 rings (SSSR count). The van der Waals surface area contributed by atoms with Gasteiger partial charge < -0.3 is 15.5 Å². The third-order valence-corrected chi connectivity index (χ3v) is 3.36. The summed E-state index contributed by atoms with van der Waals surface area (Å²) >= 11 is 0. The van der Waals surface area contributed by atoms with Gasteiger partial charge in [-0.15, -0.1) is 0 Å². The van der Waals surface area contributed by atoms with Gasteiger partial charge in [0.1, 0.15) is 5.82 Å². The van der Waals surface area contributed by atoms with Crippen LogP contribution in [0.4, 0.5) is 5.82 Å². The average Bonchev–Trinajstić information content (AvgIpc) is 2.55. The molecular weight excluding hydrogens is 274 g/mol. The maximum Gasteiger partial charge on any atom is 0.193 e. The molecule has 0 bridgehead atoms. The number of aromatic nitrogens is 1. The minimum Gasteiger partial charge on any atom is -0.370 e. The maximum atomic E-state index is 4.70. The van der Waals surface area contributed by atoms with Gasteiger partial charge in [0, 0.05) is 39.4 Å². The number of aliphatic imine (C=N–C) groups is 1. The second-order valence-electron chi connectivity index (χ2n) is 5.36. The molecule has 0 fully saturated rings. The third kappa shape index (κ3) is 7.86. The first-order valence-electron chi connectivity index (χ1n) is 8.42. The van der Waals surface area contributed by atoms with Gasteiger partial charge in [-0.3, -0.25) is 4.99 Å². The van der Waals surface area contributed by atoms with E-state index in [0.29, 0.717) is 0 Å². The van der Waals surface area contributed by atoms with Crippen LogP contribution in [-0.4, -0.2) is 49.1 Å². The molecule has 0 aliphatic rings. The van der Waals surface area contributed by atoms with Crippen molar-refractivity contribution in [1.29, 1.82) is 0 Å². The summed E-state index contributed by atoms with van der Waals surface area (Å²) in [6.07, 6.45) is 6.40. The molecule has 0 saturated heterocycles. The van der Waals surface area contributed by atoms with Crippen LogP contribution in [0.2, 0.25) is 0 Å². The van der Waals surface area contributed by atoms with Gasteiger partial charge in [-0.1, -0.05) is 19.4 Å². The van der Waals surface area contributed by atoms with Gasteiger partial charge in [0.25, 0.3) is 0 Å². The van der Waals surface area contributed by atoms with Gasteiger partial charge in [0.2, 0.25) is 0 Å². The molecule has 5 nitrogen and oxygen atoms in total. The van der Waals surface area contributed by atoms with Crippen molar-refractivity contribution in [2.75, 3.05) is 38.5 Å². The van der Waals surface area contributed by atoms with Gasteiger partial charge >= 0.3 is 0 Å². The molecule has 0 unspecified atom stereocenters. The predicted molar refractivity (Wildman–Crippen MR) is 95.5 cm³/mol. The predicted octanol–water partition coefficient (Wildman–Crippen LogP) is 2.97. The van der Waals surface area contributed by atoms with Crippen LogP contribution in [-0.2, 0) is 0 Å². The lowest BCUT2D eigenvalue weighted by atomic mass is 10.3. The van der Waals surface area contributed by atoms with E-state index in [1.165, 1.54) is 12.8 Å². The standard InChI is InChI=1S/C17H31N5/c1-4-6-15-22(3)17(18-5-2)21-14-10-9-13-20-16-11-7-8-12-19-16/h7-8,11-12H,4-6,9-10,13-15H2,1-3H3,(H,18,21)(H,19,20). The van der Waals surface area contributed by atoms with Crippen LogP contribution in [0.1, 0.15) is 39.5 Å². The molecule has 1 heterocycles. The van der Waals surface area contributed by atoms with E-state index in [4.69, 9.17) is 4.99 Å². The summed E-state index contributed by atoms with van der Waals surface area (Å²) < 4.78 is 0. The van der Waals surface area contributed by atoms with Crippen LogP contribution in [0.25, 0.3) is 0 Å². The number of unbranched alkanes of at least 4 members (excludes halogenated alkanes) is 2. The zero-order valence-corrected chi connectivity index (χ0v) is 14.3. The molecule has 1 aromatic rings. The highest BCUT2D eigenvalue weighted by Gasteiger charge is 2.03. The smallest absolute Gasteiger partial charge is 0.193 e. The van der Waals surface area contributed by atoms with E-state index in [2.05, 4.69) is 41.4 Å². The Hall–Kier alpha value is -1.78. The van der Waals surface area contributed by atoms with Crippen LogP contribution in [0.5, 0.6) is 0 Å². The minimum atomic E-state index is 0.864. The number of hydrogen-bond acceptors (Lipinski definition) is 3. The first-order chi connectivity index (χ1) is 10.8. The molecule has 124 valence electrons. The molecule has 2 N–H and O–H groups in total. The van der Waals surface area contributed by atoms with Crippen molar-refractivity contribution in [2.24, 2.45) is 4.99 Å². The Balaban J connectivity index is 2.22. The molecule has 0 aliphatic heterocycles. The quantitative estimate of drug-likeness (QED) is 0.396. The fourth-order valence-corrected chi connectivity index (χ4v) is 2.08. The normalized spacial score (nSPS) is 11.3. The van der Waals surface area contributed by atoms with Crippen LogP contribution in [0, 0.1) is 0 Å².